The van der Waals surface area contributed by atoms with Crippen molar-refractivity contribution in [2.75, 3.05) is 11.9 Å². The van der Waals surface area contributed by atoms with Gasteiger partial charge < -0.3 is 9.64 Å². The lowest BCUT2D eigenvalue weighted by Gasteiger charge is -2.15. The summed E-state index contributed by atoms with van der Waals surface area (Å²) in [5, 5.41) is 4.92. The fraction of sp³-hybridized carbons (Fsp3) is 0.0952. The van der Waals surface area contributed by atoms with Gasteiger partial charge in [0.05, 0.1) is 16.8 Å². The molecular weight excluding hydrogens is 459 g/mol. The molecular formula is C21H14F3N5O3S. The van der Waals surface area contributed by atoms with E-state index >= 15 is 0 Å². The highest BCUT2D eigenvalue weighted by Gasteiger charge is 2.31. The first-order valence-corrected chi connectivity index (χ1v) is 10.1. The molecule has 4 aromatic rings. The number of carbonyl (C=O) groups excluding carboxylic acids is 2. The van der Waals surface area contributed by atoms with Gasteiger partial charge >= 0.3 is 6.36 Å². The standard InChI is InChI=1S/C21H14F3N5O3S/c1-28(20-25-10-18(33-20)17(31)11-30)14-4-2-13(3-5-14)19-26-12-29(27-19)15-6-8-16(9-7-15)32-21(22,23)24/h2-12H,1H3. The average Bonchev–Trinajstić information content (AvgIpc) is 3.48. The van der Waals surface area contributed by atoms with Gasteiger partial charge in [0.1, 0.15) is 12.1 Å². The fourth-order valence-corrected chi connectivity index (χ4v) is 3.66. The Bertz CT molecular complexity index is 1280. The molecule has 0 saturated carbocycles. The number of benzene rings is 2. The molecule has 2 aromatic carbocycles. The smallest absolute Gasteiger partial charge is 0.406 e. The summed E-state index contributed by atoms with van der Waals surface area (Å²) >= 11 is 1.11. The van der Waals surface area contributed by atoms with Gasteiger partial charge in [-0.15, -0.1) is 18.3 Å². The van der Waals surface area contributed by atoms with E-state index in [2.05, 4.69) is 19.8 Å². The maximum Gasteiger partial charge on any atom is 0.573 e. The van der Waals surface area contributed by atoms with Crippen LogP contribution in [0.5, 0.6) is 5.75 Å². The number of ether oxygens (including phenoxy) is 1. The molecule has 4 rings (SSSR count). The summed E-state index contributed by atoms with van der Waals surface area (Å²) < 4.78 is 42.2. The number of halogens is 3. The Morgan fingerprint density at radius 3 is 2.42 bits per heavy atom. The topological polar surface area (TPSA) is 90.2 Å². The highest BCUT2D eigenvalue weighted by atomic mass is 32.1. The number of Topliss-reactive ketones (excluding diaryl/α,β-unsaturated/α-hetero) is 1. The zero-order valence-corrected chi connectivity index (χ0v) is 17.7. The van der Waals surface area contributed by atoms with Crippen molar-refractivity contribution < 1.29 is 27.5 Å². The van der Waals surface area contributed by atoms with Crippen molar-refractivity contribution in [1.29, 1.82) is 0 Å². The van der Waals surface area contributed by atoms with Gasteiger partial charge in [0, 0.05) is 18.3 Å². The van der Waals surface area contributed by atoms with Crippen molar-refractivity contribution in [2.24, 2.45) is 0 Å². The maximum absolute atomic E-state index is 12.3. The SMILES string of the molecule is CN(c1ccc(-c2ncn(-c3ccc(OC(F)(F)F)cc3)n2)cc1)c1ncc(C(=O)C=O)s1. The quantitative estimate of drug-likeness (QED) is 0.223. The molecule has 0 atom stereocenters. The summed E-state index contributed by atoms with van der Waals surface area (Å²) in [5.74, 6) is -0.520. The Kier molecular flexibility index (Phi) is 5.92. The van der Waals surface area contributed by atoms with Gasteiger partial charge in [-0.05, 0) is 48.5 Å². The van der Waals surface area contributed by atoms with Crippen LogP contribution < -0.4 is 9.64 Å². The number of hydrogen-bond donors (Lipinski definition) is 0. The zero-order chi connectivity index (χ0) is 23.6. The molecule has 0 amide bonds. The van der Waals surface area contributed by atoms with Crippen molar-refractivity contribution in [3.63, 3.8) is 0 Å². The molecule has 0 radical (unpaired) electrons. The highest BCUT2D eigenvalue weighted by Crippen LogP contribution is 2.30. The zero-order valence-electron chi connectivity index (χ0n) is 16.9. The number of rotatable bonds is 7. The van der Waals surface area contributed by atoms with E-state index in [1.807, 2.05) is 12.1 Å². The van der Waals surface area contributed by atoms with E-state index in [1.54, 1.807) is 24.1 Å². The number of thiazole rings is 1. The van der Waals surface area contributed by atoms with Gasteiger partial charge in [0.15, 0.2) is 17.2 Å². The summed E-state index contributed by atoms with van der Waals surface area (Å²) in [7, 11) is 1.78. The lowest BCUT2D eigenvalue weighted by molar-refractivity contribution is -0.274. The lowest BCUT2D eigenvalue weighted by atomic mass is 10.2. The fourth-order valence-electron chi connectivity index (χ4n) is 2.86. The third-order valence-electron chi connectivity index (χ3n) is 4.47. The predicted molar refractivity (Wildman–Crippen MR) is 114 cm³/mol. The summed E-state index contributed by atoms with van der Waals surface area (Å²) in [6.45, 7) is 0. The second-order valence-electron chi connectivity index (χ2n) is 6.65. The molecule has 2 heterocycles. The maximum atomic E-state index is 12.3. The van der Waals surface area contributed by atoms with Crippen molar-refractivity contribution in [3.8, 4) is 22.8 Å². The van der Waals surface area contributed by atoms with Crippen LogP contribution in [0, 0.1) is 0 Å². The van der Waals surface area contributed by atoms with Gasteiger partial charge in [-0.25, -0.2) is 14.6 Å². The van der Waals surface area contributed by atoms with Crippen LogP contribution in [-0.2, 0) is 4.79 Å². The summed E-state index contributed by atoms with van der Waals surface area (Å²) in [4.78, 5) is 32.6. The molecule has 0 fully saturated rings. The van der Waals surface area contributed by atoms with Crippen LogP contribution in [0.3, 0.4) is 0 Å². The predicted octanol–water partition coefficient (Wildman–Crippen LogP) is 4.44. The summed E-state index contributed by atoms with van der Waals surface area (Å²) in [6.07, 6.45) is -1.68. The second kappa shape index (κ2) is 8.82. The molecule has 12 heteroatoms. The van der Waals surface area contributed by atoms with Crippen LogP contribution in [0.2, 0.25) is 0 Å². The number of aromatic nitrogens is 4. The average molecular weight is 473 g/mol. The molecule has 33 heavy (non-hydrogen) atoms. The summed E-state index contributed by atoms with van der Waals surface area (Å²) in [5.41, 5.74) is 2.03. The van der Waals surface area contributed by atoms with Crippen LogP contribution >= 0.6 is 11.3 Å². The number of alkyl halides is 3. The third-order valence-corrected chi connectivity index (χ3v) is 5.56. The lowest BCUT2D eigenvalue weighted by Crippen LogP contribution is -2.17. The number of hydrogen-bond acceptors (Lipinski definition) is 8. The molecule has 8 nitrogen and oxygen atoms in total. The number of anilines is 2. The van der Waals surface area contributed by atoms with Gasteiger partial charge in [0.25, 0.3) is 0 Å². The van der Waals surface area contributed by atoms with Crippen LogP contribution in [0.4, 0.5) is 24.0 Å². The van der Waals surface area contributed by atoms with Crippen LogP contribution in [0.25, 0.3) is 17.1 Å². The number of aldehydes is 1. The minimum Gasteiger partial charge on any atom is -0.406 e. The van der Waals surface area contributed by atoms with E-state index in [9.17, 15) is 22.8 Å². The third kappa shape index (κ3) is 5.06. The molecule has 0 aliphatic rings. The van der Waals surface area contributed by atoms with Crippen LogP contribution in [0.1, 0.15) is 9.67 Å². The van der Waals surface area contributed by atoms with Gasteiger partial charge in [-0.2, -0.15) is 0 Å². The molecule has 0 aliphatic heterocycles. The number of ketones is 1. The first kappa shape index (κ1) is 22.1. The van der Waals surface area contributed by atoms with Crippen LogP contribution in [0.15, 0.2) is 61.1 Å². The van der Waals surface area contributed by atoms with E-state index in [1.165, 1.54) is 41.5 Å². The second-order valence-corrected chi connectivity index (χ2v) is 7.66. The molecule has 0 N–H and O–H groups in total. The minimum atomic E-state index is -4.75. The molecule has 0 spiro atoms. The van der Waals surface area contributed by atoms with E-state index in [-0.39, 0.29) is 16.9 Å². The Hall–Kier alpha value is -4.06. The summed E-state index contributed by atoms with van der Waals surface area (Å²) in [6, 6.07) is 12.5. The van der Waals surface area contributed by atoms with E-state index in [4.69, 9.17) is 0 Å². The van der Waals surface area contributed by atoms with Gasteiger partial charge in [-0.1, -0.05) is 11.3 Å². The number of carbonyl (C=O) groups is 2. The molecule has 0 aliphatic carbocycles. The Morgan fingerprint density at radius 1 is 1.09 bits per heavy atom. The van der Waals surface area contributed by atoms with Gasteiger partial charge in [0.2, 0.25) is 5.78 Å². The van der Waals surface area contributed by atoms with E-state index < -0.39 is 12.1 Å². The Labute approximate surface area is 188 Å². The molecule has 2 aromatic heterocycles. The van der Waals surface area contributed by atoms with E-state index in [0.717, 1.165) is 22.6 Å². The first-order chi connectivity index (χ1) is 15.7. The van der Waals surface area contributed by atoms with Gasteiger partial charge in [-0.3, -0.25) is 9.59 Å². The Balaban J connectivity index is 1.48. The molecule has 0 unspecified atom stereocenters. The molecule has 0 saturated heterocycles. The highest BCUT2D eigenvalue weighted by molar-refractivity contribution is 7.18. The first-order valence-electron chi connectivity index (χ1n) is 9.31. The monoisotopic (exact) mass is 473 g/mol. The Morgan fingerprint density at radius 2 is 1.79 bits per heavy atom. The largest absolute Gasteiger partial charge is 0.573 e. The number of nitrogens with zero attached hydrogens (tertiary/aromatic N) is 5. The van der Waals surface area contributed by atoms with Crippen molar-refractivity contribution in [1.82, 2.24) is 19.7 Å². The van der Waals surface area contributed by atoms with Crippen molar-refractivity contribution in [3.05, 3.63) is 65.9 Å². The molecule has 0 bridgehead atoms. The van der Waals surface area contributed by atoms with Crippen molar-refractivity contribution in [2.45, 2.75) is 6.36 Å². The van der Waals surface area contributed by atoms with Crippen molar-refractivity contribution >= 4 is 34.2 Å². The van der Waals surface area contributed by atoms with Crippen LogP contribution in [-0.4, -0.2) is 45.2 Å². The molecule has 168 valence electrons. The van der Waals surface area contributed by atoms with E-state index in [0.29, 0.717) is 16.6 Å². The normalized spacial score (nSPS) is 11.3. The minimum absolute atomic E-state index is 0.253.